The fourth-order valence-corrected chi connectivity index (χ4v) is 1.76. The lowest BCUT2D eigenvalue weighted by Gasteiger charge is -2.09. The van der Waals surface area contributed by atoms with Crippen LogP contribution in [-0.2, 0) is 11.8 Å². The van der Waals surface area contributed by atoms with Gasteiger partial charge in [-0.25, -0.2) is 0 Å². The van der Waals surface area contributed by atoms with Crippen molar-refractivity contribution in [3.05, 3.63) is 23.2 Å². The third-order valence-electron chi connectivity index (χ3n) is 2.53. The van der Waals surface area contributed by atoms with Crippen molar-refractivity contribution in [3.63, 3.8) is 0 Å². The summed E-state index contributed by atoms with van der Waals surface area (Å²) >= 11 is 0. The van der Waals surface area contributed by atoms with Crippen LogP contribution in [0, 0.1) is 12.3 Å². The fraction of sp³-hybridized carbons (Fsp3) is 0.462. The van der Waals surface area contributed by atoms with E-state index in [0.29, 0.717) is 12.3 Å². The highest BCUT2D eigenvalue weighted by atomic mass is 16.5. The van der Waals surface area contributed by atoms with Crippen LogP contribution < -0.4 is 0 Å². The molecule has 0 aromatic carbocycles. The Morgan fingerprint density at radius 3 is 2.72 bits per heavy atom. The van der Waals surface area contributed by atoms with Crippen LogP contribution in [0.25, 0.3) is 5.57 Å². The first kappa shape index (κ1) is 14.2. The summed E-state index contributed by atoms with van der Waals surface area (Å²) in [5.74, 6) is 0.0938. The second kappa shape index (κ2) is 6.14. The van der Waals surface area contributed by atoms with Gasteiger partial charge < -0.3 is 4.74 Å². The number of nitrogens with zero attached hydrogens (tertiary/aromatic N) is 3. The van der Waals surface area contributed by atoms with Gasteiger partial charge in [-0.3, -0.25) is 15.1 Å². The highest BCUT2D eigenvalue weighted by molar-refractivity contribution is 6.00. The van der Waals surface area contributed by atoms with E-state index in [1.54, 1.807) is 10.9 Å². The molecule has 0 unspecified atom stereocenters. The van der Waals surface area contributed by atoms with Gasteiger partial charge in [0.25, 0.3) is 0 Å². The SMILES string of the molecule is CC=N/C(C(=N)OCC)=C(\C)c1cn(C)nc1C. The van der Waals surface area contributed by atoms with E-state index < -0.39 is 0 Å². The highest BCUT2D eigenvalue weighted by Crippen LogP contribution is 2.22. The number of ether oxygens (including phenoxy) is 1. The first-order valence-corrected chi connectivity index (χ1v) is 5.93. The smallest absolute Gasteiger partial charge is 0.232 e. The Hall–Kier alpha value is -1.91. The quantitative estimate of drug-likeness (QED) is 0.657. The van der Waals surface area contributed by atoms with Crippen LogP contribution in [0.3, 0.4) is 0 Å². The van der Waals surface area contributed by atoms with Gasteiger partial charge in [0.1, 0.15) is 5.70 Å². The van der Waals surface area contributed by atoms with Gasteiger partial charge in [0, 0.05) is 25.0 Å². The van der Waals surface area contributed by atoms with Crippen molar-refractivity contribution in [1.82, 2.24) is 9.78 Å². The summed E-state index contributed by atoms with van der Waals surface area (Å²) < 4.78 is 6.99. The Morgan fingerprint density at radius 1 is 1.61 bits per heavy atom. The van der Waals surface area contributed by atoms with Crippen molar-refractivity contribution in [1.29, 1.82) is 5.41 Å². The molecule has 0 saturated heterocycles. The molecule has 0 radical (unpaired) electrons. The molecule has 0 aliphatic heterocycles. The topological polar surface area (TPSA) is 63.3 Å². The normalized spacial score (nSPS) is 12.7. The molecule has 0 atom stereocenters. The van der Waals surface area contributed by atoms with Crippen LogP contribution in [0.1, 0.15) is 32.0 Å². The average Bonchev–Trinajstić information content (AvgIpc) is 2.65. The summed E-state index contributed by atoms with van der Waals surface area (Å²) in [5, 5.41) is 12.2. The van der Waals surface area contributed by atoms with Gasteiger partial charge in [0.05, 0.1) is 12.3 Å². The summed E-state index contributed by atoms with van der Waals surface area (Å²) in [7, 11) is 1.88. The average molecular weight is 248 g/mol. The number of hydrogen-bond donors (Lipinski definition) is 1. The van der Waals surface area contributed by atoms with E-state index in [4.69, 9.17) is 10.1 Å². The summed E-state index contributed by atoms with van der Waals surface area (Å²) in [6, 6.07) is 0. The first-order chi connectivity index (χ1) is 8.51. The third kappa shape index (κ3) is 3.06. The molecule has 0 amide bonds. The Morgan fingerprint density at radius 2 is 2.28 bits per heavy atom. The number of hydrogen-bond acceptors (Lipinski definition) is 4. The maximum absolute atomic E-state index is 7.89. The van der Waals surface area contributed by atoms with Crippen molar-refractivity contribution >= 4 is 17.7 Å². The second-order valence-electron chi connectivity index (χ2n) is 3.92. The van der Waals surface area contributed by atoms with Crippen LogP contribution >= 0.6 is 0 Å². The maximum Gasteiger partial charge on any atom is 0.232 e. The second-order valence-corrected chi connectivity index (χ2v) is 3.92. The van der Waals surface area contributed by atoms with E-state index >= 15 is 0 Å². The Bertz CT molecular complexity index is 497. The van der Waals surface area contributed by atoms with Crippen LogP contribution in [0.4, 0.5) is 0 Å². The minimum absolute atomic E-state index is 0.0938. The van der Waals surface area contributed by atoms with Crippen LogP contribution in [0.5, 0.6) is 0 Å². The molecular formula is C13H20N4O. The summed E-state index contributed by atoms with van der Waals surface area (Å²) in [5.41, 5.74) is 3.36. The summed E-state index contributed by atoms with van der Waals surface area (Å²) in [4.78, 5) is 4.24. The molecule has 0 bridgehead atoms. The number of rotatable bonds is 4. The molecule has 0 aliphatic rings. The van der Waals surface area contributed by atoms with Gasteiger partial charge in [0.15, 0.2) is 0 Å². The first-order valence-electron chi connectivity index (χ1n) is 5.93. The van der Waals surface area contributed by atoms with Gasteiger partial charge in [-0.05, 0) is 33.3 Å². The highest BCUT2D eigenvalue weighted by Gasteiger charge is 2.14. The predicted octanol–water partition coefficient (Wildman–Crippen LogP) is 2.56. The zero-order valence-electron chi connectivity index (χ0n) is 11.6. The Balaban J connectivity index is 3.27. The number of allylic oxidation sites excluding steroid dienone is 1. The molecule has 1 aromatic rings. The van der Waals surface area contributed by atoms with E-state index in [1.165, 1.54) is 0 Å². The van der Waals surface area contributed by atoms with Gasteiger partial charge in [-0.15, -0.1) is 0 Å². The lowest BCUT2D eigenvalue weighted by atomic mass is 10.1. The zero-order chi connectivity index (χ0) is 13.7. The largest absolute Gasteiger partial charge is 0.477 e. The van der Waals surface area contributed by atoms with E-state index in [0.717, 1.165) is 16.8 Å². The van der Waals surface area contributed by atoms with Crippen molar-refractivity contribution in [3.8, 4) is 0 Å². The van der Waals surface area contributed by atoms with Crippen LogP contribution in [0.2, 0.25) is 0 Å². The van der Waals surface area contributed by atoms with Gasteiger partial charge in [0.2, 0.25) is 5.90 Å². The lowest BCUT2D eigenvalue weighted by Crippen LogP contribution is -2.07. The summed E-state index contributed by atoms with van der Waals surface area (Å²) in [6.07, 6.45) is 3.59. The fourth-order valence-electron chi connectivity index (χ4n) is 1.76. The number of aromatic nitrogens is 2. The minimum Gasteiger partial charge on any atom is -0.477 e. The molecule has 5 nitrogen and oxygen atoms in total. The standard InChI is InChI=1S/C13H20N4O/c1-6-15-12(13(14)18-7-2)9(3)11-8-17(5)16-10(11)4/h6,8,14H,7H2,1-5H3/b12-9+,14-13?,15-6?. The molecule has 18 heavy (non-hydrogen) atoms. The van der Waals surface area contributed by atoms with Gasteiger partial charge >= 0.3 is 0 Å². The Labute approximate surface area is 108 Å². The third-order valence-corrected chi connectivity index (χ3v) is 2.53. The molecular weight excluding hydrogens is 228 g/mol. The number of nitrogens with one attached hydrogen (secondary N) is 1. The summed E-state index contributed by atoms with van der Waals surface area (Å²) in [6.45, 7) is 8.01. The number of aryl methyl sites for hydroxylation is 2. The molecule has 0 spiro atoms. The van der Waals surface area contributed by atoms with Crippen LogP contribution in [0.15, 0.2) is 16.9 Å². The van der Waals surface area contributed by atoms with Crippen molar-refractivity contribution in [2.24, 2.45) is 12.0 Å². The molecule has 98 valence electrons. The molecule has 1 heterocycles. The molecule has 0 aliphatic carbocycles. The zero-order valence-corrected chi connectivity index (χ0v) is 11.6. The van der Waals surface area contributed by atoms with Crippen molar-refractivity contribution in [2.45, 2.75) is 27.7 Å². The molecule has 1 rings (SSSR count). The van der Waals surface area contributed by atoms with E-state index in [1.807, 2.05) is 40.9 Å². The molecule has 1 aromatic heterocycles. The molecule has 0 saturated carbocycles. The van der Waals surface area contributed by atoms with E-state index in [9.17, 15) is 0 Å². The monoisotopic (exact) mass is 248 g/mol. The Kier molecular flexibility index (Phi) is 4.83. The molecule has 5 heteroatoms. The van der Waals surface area contributed by atoms with Crippen LogP contribution in [-0.4, -0.2) is 28.5 Å². The van der Waals surface area contributed by atoms with Crippen molar-refractivity contribution < 1.29 is 4.74 Å². The number of aliphatic imine (C=N–C) groups is 1. The molecule has 1 N–H and O–H groups in total. The van der Waals surface area contributed by atoms with Gasteiger partial charge in [-0.2, -0.15) is 5.10 Å². The molecule has 0 fully saturated rings. The van der Waals surface area contributed by atoms with Crippen molar-refractivity contribution in [2.75, 3.05) is 6.61 Å². The minimum atomic E-state index is 0.0938. The maximum atomic E-state index is 7.89. The van der Waals surface area contributed by atoms with E-state index in [-0.39, 0.29) is 5.90 Å². The predicted molar refractivity (Wildman–Crippen MR) is 74.1 cm³/mol. The van der Waals surface area contributed by atoms with Gasteiger partial charge in [-0.1, -0.05) is 0 Å². The lowest BCUT2D eigenvalue weighted by molar-refractivity contribution is 0.324. The van der Waals surface area contributed by atoms with E-state index in [2.05, 4.69) is 10.1 Å².